The van der Waals surface area contributed by atoms with Gasteiger partial charge >= 0.3 is 5.97 Å². The van der Waals surface area contributed by atoms with Crippen LogP contribution in [0.3, 0.4) is 0 Å². The largest absolute Gasteiger partial charge is 0.478 e. The van der Waals surface area contributed by atoms with Gasteiger partial charge in [0.05, 0.1) is 0 Å². The van der Waals surface area contributed by atoms with Crippen LogP contribution in [0, 0.1) is 0 Å². The minimum absolute atomic E-state index is 0.132. The number of carboxylic acid groups (broad SMARTS) is 1. The fourth-order valence-corrected chi connectivity index (χ4v) is 2.69. The third kappa shape index (κ3) is 3.54. The molecule has 0 aromatic heterocycles. The molecule has 1 aliphatic heterocycles. The van der Waals surface area contributed by atoms with Gasteiger partial charge < -0.3 is 10.4 Å². The maximum Gasteiger partial charge on any atom is 0.328 e. The molecule has 2 amide bonds. The summed E-state index contributed by atoms with van der Waals surface area (Å²) < 4.78 is 0. The Morgan fingerprint density at radius 1 is 1.08 bits per heavy atom. The molecule has 26 heavy (non-hydrogen) atoms. The van der Waals surface area contributed by atoms with E-state index in [1.54, 1.807) is 42.5 Å². The van der Waals surface area contributed by atoms with Crippen LogP contribution >= 0.6 is 0 Å². The molecule has 0 radical (unpaired) electrons. The topological polar surface area (TPSA) is 86.7 Å². The Balaban J connectivity index is 1.64. The van der Waals surface area contributed by atoms with Gasteiger partial charge in [-0.1, -0.05) is 36.9 Å². The van der Waals surface area contributed by atoms with Crippen molar-refractivity contribution in [2.24, 2.45) is 0 Å². The first-order valence-corrected chi connectivity index (χ1v) is 7.87. The van der Waals surface area contributed by atoms with E-state index in [-0.39, 0.29) is 18.4 Å². The molecule has 0 spiro atoms. The van der Waals surface area contributed by atoms with E-state index < -0.39 is 5.97 Å². The highest BCUT2D eigenvalue weighted by atomic mass is 16.4. The monoisotopic (exact) mass is 348 g/mol. The number of fused-ring (bicyclic) bond motifs is 1. The summed E-state index contributed by atoms with van der Waals surface area (Å²) in [5, 5.41) is 11.3. The molecule has 2 aromatic rings. The van der Waals surface area contributed by atoms with E-state index >= 15 is 0 Å². The van der Waals surface area contributed by atoms with Gasteiger partial charge in [-0.25, -0.2) is 4.79 Å². The molecule has 3 rings (SSSR count). The second kappa shape index (κ2) is 7.06. The molecular weight excluding hydrogens is 332 g/mol. The zero-order valence-corrected chi connectivity index (χ0v) is 13.8. The molecule has 2 aromatic carbocycles. The maximum absolute atomic E-state index is 12.4. The molecule has 0 atom stereocenters. The lowest BCUT2D eigenvalue weighted by molar-refractivity contribution is -0.131. The van der Waals surface area contributed by atoms with E-state index in [1.165, 1.54) is 11.0 Å². The molecule has 1 heterocycles. The minimum atomic E-state index is -1.03. The van der Waals surface area contributed by atoms with E-state index in [1.807, 2.05) is 6.07 Å². The van der Waals surface area contributed by atoms with Crippen LogP contribution in [-0.2, 0) is 9.59 Å². The zero-order chi connectivity index (χ0) is 18.7. The van der Waals surface area contributed by atoms with Crippen molar-refractivity contribution in [2.75, 3.05) is 11.9 Å². The van der Waals surface area contributed by atoms with Crippen LogP contribution in [0.2, 0.25) is 0 Å². The highest BCUT2D eigenvalue weighted by molar-refractivity contribution is 6.11. The smallest absolute Gasteiger partial charge is 0.328 e. The number of aliphatic carboxylic acids is 1. The van der Waals surface area contributed by atoms with E-state index in [4.69, 9.17) is 5.11 Å². The molecule has 0 aliphatic carbocycles. The number of amides is 2. The third-order valence-corrected chi connectivity index (χ3v) is 3.95. The van der Waals surface area contributed by atoms with Gasteiger partial charge in [0.25, 0.3) is 5.91 Å². The molecule has 6 heteroatoms. The van der Waals surface area contributed by atoms with Crippen LogP contribution in [0.15, 0.2) is 61.2 Å². The second-order valence-electron chi connectivity index (χ2n) is 5.73. The highest BCUT2D eigenvalue weighted by Gasteiger charge is 2.31. The van der Waals surface area contributed by atoms with Gasteiger partial charge in [-0.3, -0.25) is 14.5 Å². The molecule has 0 bridgehead atoms. The van der Waals surface area contributed by atoms with E-state index in [0.717, 1.165) is 11.6 Å². The van der Waals surface area contributed by atoms with Crippen LogP contribution in [0.25, 0.3) is 11.8 Å². The van der Waals surface area contributed by atoms with Crippen LogP contribution in [-0.4, -0.2) is 34.3 Å². The van der Waals surface area contributed by atoms with Crippen molar-refractivity contribution in [1.82, 2.24) is 4.90 Å². The second-order valence-corrected chi connectivity index (χ2v) is 5.73. The zero-order valence-electron chi connectivity index (χ0n) is 13.8. The Morgan fingerprint density at radius 3 is 2.35 bits per heavy atom. The average molecular weight is 348 g/mol. The Hall–Kier alpha value is -3.67. The maximum atomic E-state index is 12.4. The average Bonchev–Trinajstić information content (AvgIpc) is 2.86. The molecule has 1 aliphatic rings. The summed E-state index contributed by atoms with van der Waals surface area (Å²) in [5.41, 5.74) is 3.04. The number of carbonyl (C=O) groups excluding carboxylic acids is 2. The van der Waals surface area contributed by atoms with Crippen molar-refractivity contribution < 1.29 is 19.5 Å². The molecule has 2 N–H and O–H groups in total. The highest BCUT2D eigenvalue weighted by Crippen LogP contribution is 2.30. The summed E-state index contributed by atoms with van der Waals surface area (Å²) >= 11 is 0. The van der Waals surface area contributed by atoms with E-state index in [2.05, 4.69) is 11.9 Å². The van der Waals surface area contributed by atoms with Gasteiger partial charge in [-0.15, -0.1) is 0 Å². The SMILES string of the molecule is C=C1c2ccccc2C(=O)N1CC(=O)Nc1ccc(C=CC(=O)O)cc1. The number of carbonyl (C=O) groups is 3. The Labute approximate surface area is 150 Å². The molecule has 0 unspecified atom stereocenters. The predicted octanol–water partition coefficient (Wildman–Crippen LogP) is 2.85. The first kappa shape index (κ1) is 17.2. The van der Waals surface area contributed by atoms with E-state index in [0.29, 0.717) is 22.5 Å². The predicted molar refractivity (Wildman–Crippen MR) is 98.3 cm³/mol. The number of nitrogens with one attached hydrogen (secondary N) is 1. The lowest BCUT2D eigenvalue weighted by atomic mass is 10.1. The lowest BCUT2D eigenvalue weighted by Crippen LogP contribution is -2.32. The van der Waals surface area contributed by atoms with Crippen molar-refractivity contribution in [3.63, 3.8) is 0 Å². The summed E-state index contributed by atoms with van der Waals surface area (Å²) in [6.07, 6.45) is 2.49. The van der Waals surface area contributed by atoms with Crippen molar-refractivity contribution in [3.05, 3.63) is 77.9 Å². The van der Waals surface area contributed by atoms with Gasteiger partial charge in [0.1, 0.15) is 6.54 Å². The Bertz CT molecular complexity index is 894. The fraction of sp³-hybridized carbons (Fsp3) is 0.0500. The lowest BCUT2D eigenvalue weighted by Gasteiger charge is -2.17. The number of hydrogen-bond acceptors (Lipinski definition) is 3. The number of benzene rings is 2. The normalized spacial score (nSPS) is 13.2. The first-order chi connectivity index (χ1) is 12.5. The molecule has 130 valence electrons. The van der Waals surface area contributed by atoms with Crippen LogP contribution in [0.4, 0.5) is 5.69 Å². The van der Waals surface area contributed by atoms with Gasteiger partial charge in [0.15, 0.2) is 0 Å². The summed E-state index contributed by atoms with van der Waals surface area (Å²) in [5.74, 6) is -1.62. The summed E-state index contributed by atoms with van der Waals surface area (Å²) in [4.78, 5) is 36.5. The number of hydrogen-bond donors (Lipinski definition) is 2. The Morgan fingerprint density at radius 2 is 1.73 bits per heavy atom. The van der Waals surface area contributed by atoms with E-state index in [9.17, 15) is 14.4 Å². The van der Waals surface area contributed by atoms with Crippen LogP contribution in [0.1, 0.15) is 21.5 Å². The van der Waals surface area contributed by atoms with Crippen molar-refractivity contribution in [1.29, 1.82) is 0 Å². The van der Waals surface area contributed by atoms with Crippen molar-refractivity contribution >= 4 is 35.2 Å². The molecule has 6 nitrogen and oxygen atoms in total. The fourth-order valence-electron chi connectivity index (χ4n) is 2.69. The van der Waals surface area contributed by atoms with Crippen molar-refractivity contribution in [2.45, 2.75) is 0 Å². The third-order valence-electron chi connectivity index (χ3n) is 3.95. The molecule has 0 saturated carbocycles. The Kier molecular flexibility index (Phi) is 4.66. The van der Waals surface area contributed by atoms with Crippen LogP contribution in [0.5, 0.6) is 0 Å². The number of nitrogens with zero attached hydrogens (tertiary/aromatic N) is 1. The van der Waals surface area contributed by atoms with Gasteiger partial charge in [-0.05, 0) is 29.8 Å². The van der Waals surface area contributed by atoms with Crippen molar-refractivity contribution in [3.8, 4) is 0 Å². The summed E-state index contributed by atoms with van der Waals surface area (Å²) in [6.45, 7) is 3.77. The molecule has 0 saturated heterocycles. The molecular formula is C20H16N2O4. The van der Waals surface area contributed by atoms with Gasteiger partial charge in [0.2, 0.25) is 5.91 Å². The summed E-state index contributed by atoms with van der Waals surface area (Å²) in [6, 6.07) is 13.8. The van der Waals surface area contributed by atoms with Crippen LogP contribution < -0.4 is 5.32 Å². The first-order valence-electron chi connectivity index (χ1n) is 7.87. The molecule has 0 fully saturated rings. The van der Waals surface area contributed by atoms with Gasteiger partial charge in [0, 0.05) is 28.6 Å². The standard InChI is InChI=1S/C20H16N2O4/c1-13-16-4-2-3-5-17(16)20(26)22(13)12-18(23)21-15-9-6-14(7-10-15)8-11-19(24)25/h2-11H,1,12H2,(H,21,23)(H,24,25). The minimum Gasteiger partial charge on any atom is -0.478 e. The number of rotatable bonds is 5. The quantitative estimate of drug-likeness (QED) is 0.814. The number of anilines is 1. The van der Waals surface area contributed by atoms with Gasteiger partial charge in [-0.2, -0.15) is 0 Å². The number of carboxylic acids is 1. The summed E-state index contributed by atoms with van der Waals surface area (Å²) in [7, 11) is 0.